The highest BCUT2D eigenvalue weighted by atomic mass is 16.3. The first kappa shape index (κ1) is 9.85. The van der Waals surface area contributed by atoms with Crippen molar-refractivity contribution in [3.8, 4) is 0 Å². The molecule has 0 aliphatic heterocycles. The Morgan fingerprint density at radius 2 is 2.46 bits per heavy atom. The molecule has 5 heteroatoms. The molecule has 1 unspecified atom stereocenters. The van der Waals surface area contributed by atoms with E-state index in [1.165, 1.54) is 0 Å². The predicted molar refractivity (Wildman–Crippen MR) is 46.0 cm³/mol. The monoisotopic (exact) mass is 183 g/mol. The minimum atomic E-state index is -1.02. The van der Waals surface area contributed by atoms with E-state index < -0.39 is 5.60 Å². The van der Waals surface area contributed by atoms with E-state index in [0.29, 0.717) is 18.4 Å². The van der Waals surface area contributed by atoms with Gasteiger partial charge in [-0.25, -0.2) is 0 Å². The van der Waals surface area contributed by atoms with Crippen molar-refractivity contribution < 1.29 is 9.90 Å². The largest absolute Gasteiger partial charge is 0.389 e. The van der Waals surface area contributed by atoms with Crippen LogP contribution in [0, 0.1) is 0 Å². The number of hydrogen-bond donors (Lipinski definition) is 1. The van der Waals surface area contributed by atoms with Crippen LogP contribution < -0.4 is 0 Å². The fourth-order valence-corrected chi connectivity index (χ4v) is 1.12. The van der Waals surface area contributed by atoms with Crippen molar-refractivity contribution in [2.75, 3.05) is 0 Å². The van der Waals surface area contributed by atoms with E-state index in [2.05, 4.69) is 10.3 Å². The summed E-state index contributed by atoms with van der Waals surface area (Å²) in [6, 6.07) is 0. The minimum absolute atomic E-state index is 0.115. The van der Waals surface area contributed by atoms with Gasteiger partial charge >= 0.3 is 0 Å². The first-order valence-electron chi connectivity index (χ1n) is 4.05. The van der Waals surface area contributed by atoms with Crippen molar-refractivity contribution in [2.45, 2.75) is 25.4 Å². The summed E-state index contributed by atoms with van der Waals surface area (Å²) < 4.78 is 1.56. The van der Waals surface area contributed by atoms with Crippen molar-refractivity contribution >= 4 is 6.29 Å². The van der Waals surface area contributed by atoms with Crippen LogP contribution in [-0.4, -0.2) is 32.0 Å². The summed E-state index contributed by atoms with van der Waals surface area (Å²) >= 11 is 0. The minimum Gasteiger partial charge on any atom is -0.389 e. The summed E-state index contributed by atoms with van der Waals surface area (Å²) in [6.07, 6.45) is 2.89. The third-order valence-electron chi connectivity index (χ3n) is 1.74. The second kappa shape index (κ2) is 3.66. The number of rotatable bonds is 4. The van der Waals surface area contributed by atoms with Gasteiger partial charge in [-0.05, 0) is 6.92 Å². The molecule has 0 saturated carbocycles. The molecule has 0 aromatic carbocycles. The van der Waals surface area contributed by atoms with Crippen LogP contribution in [0.4, 0.5) is 0 Å². The van der Waals surface area contributed by atoms with Crippen molar-refractivity contribution in [1.29, 1.82) is 0 Å². The molecule has 0 amide bonds. The molecule has 0 radical (unpaired) electrons. The lowest BCUT2D eigenvalue weighted by Gasteiger charge is -2.18. The molecule has 1 heterocycles. The first-order chi connectivity index (χ1) is 6.03. The van der Waals surface area contributed by atoms with E-state index >= 15 is 0 Å². The Morgan fingerprint density at radius 3 is 2.92 bits per heavy atom. The molecule has 5 nitrogen and oxygen atoms in total. The summed E-state index contributed by atoms with van der Waals surface area (Å²) in [5, 5.41) is 17.2. The van der Waals surface area contributed by atoms with Gasteiger partial charge in [0.05, 0.1) is 11.3 Å². The van der Waals surface area contributed by atoms with Gasteiger partial charge < -0.3 is 9.90 Å². The van der Waals surface area contributed by atoms with Crippen molar-refractivity contribution in [3.63, 3.8) is 0 Å². The molecule has 1 aromatic heterocycles. The molecule has 0 aliphatic carbocycles. The summed E-state index contributed by atoms with van der Waals surface area (Å²) in [4.78, 5) is 10.2. The molecule has 0 saturated heterocycles. The Labute approximate surface area is 76.4 Å². The number of nitrogens with zero attached hydrogens (tertiary/aromatic N) is 3. The Bertz CT molecular complexity index is 293. The van der Waals surface area contributed by atoms with Crippen LogP contribution in [0.2, 0.25) is 0 Å². The lowest BCUT2D eigenvalue weighted by atomic mass is 9.97. The molecule has 0 fully saturated rings. The highest BCUT2D eigenvalue weighted by Crippen LogP contribution is 2.13. The second-order valence-electron chi connectivity index (χ2n) is 3.43. The van der Waals surface area contributed by atoms with Gasteiger partial charge in [-0.3, -0.25) is 4.68 Å². The zero-order valence-corrected chi connectivity index (χ0v) is 7.77. The van der Waals surface area contributed by atoms with Crippen LogP contribution in [-0.2, 0) is 18.3 Å². The van der Waals surface area contributed by atoms with Gasteiger partial charge in [0, 0.05) is 26.1 Å². The predicted octanol–water partition coefficient (Wildman–Crippen LogP) is -0.302. The smallest absolute Gasteiger partial charge is 0.122 e. The molecule has 1 N–H and O–H groups in total. The van der Waals surface area contributed by atoms with Gasteiger partial charge in [-0.1, -0.05) is 5.21 Å². The SMILES string of the molecule is Cn1cc(CC(C)(O)CC=O)nn1. The highest BCUT2D eigenvalue weighted by Gasteiger charge is 2.21. The third kappa shape index (κ3) is 2.95. The zero-order valence-electron chi connectivity index (χ0n) is 7.77. The van der Waals surface area contributed by atoms with Gasteiger partial charge in [0.15, 0.2) is 0 Å². The standard InChI is InChI=1S/C8H13N3O2/c1-8(13,3-4-12)5-7-6-11(2)10-9-7/h4,6,13H,3,5H2,1-2H3. The van der Waals surface area contributed by atoms with E-state index in [1.54, 1.807) is 24.9 Å². The van der Waals surface area contributed by atoms with Gasteiger partial charge in [0.1, 0.15) is 6.29 Å². The quantitative estimate of drug-likeness (QED) is 0.650. The Kier molecular flexibility index (Phi) is 2.77. The molecular formula is C8H13N3O2. The summed E-state index contributed by atoms with van der Waals surface area (Å²) in [6.45, 7) is 1.61. The van der Waals surface area contributed by atoms with E-state index in [-0.39, 0.29) is 6.42 Å². The van der Waals surface area contributed by atoms with E-state index in [1.807, 2.05) is 0 Å². The molecule has 0 spiro atoms. The number of carbonyl (C=O) groups is 1. The number of carbonyl (C=O) groups excluding carboxylic acids is 1. The summed E-state index contributed by atoms with van der Waals surface area (Å²) in [5.74, 6) is 0. The van der Waals surface area contributed by atoms with Crippen LogP contribution in [0.3, 0.4) is 0 Å². The molecule has 72 valence electrons. The Morgan fingerprint density at radius 1 is 1.77 bits per heavy atom. The van der Waals surface area contributed by atoms with E-state index in [9.17, 15) is 9.90 Å². The summed E-state index contributed by atoms with van der Waals surface area (Å²) in [5.41, 5.74) is -0.327. The van der Waals surface area contributed by atoms with Crippen LogP contribution in [0.1, 0.15) is 19.0 Å². The lowest BCUT2D eigenvalue weighted by Crippen LogP contribution is -2.27. The third-order valence-corrected chi connectivity index (χ3v) is 1.74. The van der Waals surface area contributed by atoms with E-state index in [0.717, 1.165) is 0 Å². The number of aromatic nitrogens is 3. The number of hydrogen-bond acceptors (Lipinski definition) is 4. The number of aldehydes is 1. The van der Waals surface area contributed by atoms with Gasteiger partial charge in [-0.15, -0.1) is 5.10 Å². The fourth-order valence-electron chi connectivity index (χ4n) is 1.12. The normalized spacial score (nSPS) is 15.3. The number of aliphatic hydroxyl groups is 1. The molecule has 1 atom stereocenters. The second-order valence-corrected chi connectivity index (χ2v) is 3.43. The number of aryl methyl sites for hydroxylation is 1. The van der Waals surface area contributed by atoms with Crippen molar-refractivity contribution in [3.05, 3.63) is 11.9 Å². The molecule has 0 aliphatic rings. The average molecular weight is 183 g/mol. The van der Waals surface area contributed by atoms with Crippen LogP contribution in [0.15, 0.2) is 6.20 Å². The molecule has 1 aromatic rings. The van der Waals surface area contributed by atoms with Crippen molar-refractivity contribution in [2.24, 2.45) is 7.05 Å². The van der Waals surface area contributed by atoms with Gasteiger partial charge in [-0.2, -0.15) is 0 Å². The maximum atomic E-state index is 10.2. The molecule has 1 rings (SSSR count). The van der Waals surface area contributed by atoms with Crippen LogP contribution in [0.25, 0.3) is 0 Å². The maximum Gasteiger partial charge on any atom is 0.122 e. The van der Waals surface area contributed by atoms with Crippen molar-refractivity contribution in [1.82, 2.24) is 15.0 Å². The molecule has 13 heavy (non-hydrogen) atoms. The lowest BCUT2D eigenvalue weighted by molar-refractivity contribution is -0.111. The Hall–Kier alpha value is -1.23. The van der Waals surface area contributed by atoms with Gasteiger partial charge in [0.25, 0.3) is 0 Å². The molecular weight excluding hydrogens is 170 g/mol. The fraction of sp³-hybridized carbons (Fsp3) is 0.625. The van der Waals surface area contributed by atoms with Crippen LogP contribution in [0.5, 0.6) is 0 Å². The van der Waals surface area contributed by atoms with Crippen LogP contribution >= 0.6 is 0 Å². The molecule has 0 bridgehead atoms. The maximum absolute atomic E-state index is 10.2. The zero-order chi connectivity index (χ0) is 9.90. The van der Waals surface area contributed by atoms with Gasteiger partial charge in [0.2, 0.25) is 0 Å². The summed E-state index contributed by atoms with van der Waals surface area (Å²) in [7, 11) is 1.75. The average Bonchev–Trinajstić information content (AvgIpc) is 2.34. The topological polar surface area (TPSA) is 68.0 Å². The highest BCUT2D eigenvalue weighted by molar-refractivity contribution is 5.51. The van der Waals surface area contributed by atoms with E-state index in [4.69, 9.17) is 0 Å². The Balaban J connectivity index is 2.62. The first-order valence-corrected chi connectivity index (χ1v) is 4.05.